The van der Waals surface area contributed by atoms with Gasteiger partial charge in [-0.2, -0.15) is 4.31 Å². The second-order valence-corrected chi connectivity index (χ2v) is 10.6. The van der Waals surface area contributed by atoms with Crippen molar-refractivity contribution in [1.29, 1.82) is 0 Å². The Bertz CT molecular complexity index is 1260. The summed E-state index contributed by atoms with van der Waals surface area (Å²) in [6.45, 7) is 4.81. The maximum Gasteiger partial charge on any atom is 0.243 e. The molecular formula is C27H30N2O5S. The Morgan fingerprint density at radius 2 is 1.63 bits per heavy atom. The van der Waals surface area contributed by atoms with Crippen LogP contribution in [0.15, 0.2) is 77.7 Å². The molecule has 3 aromatic rings. The lowest BCUT2D eigenvalue weighted by Gasteiger charge is -2.24. The number of benzene rings is 3. The van der Waals surface area contributed by atoms with Crippen LogP contribution in [0.3, 0.4) is 0 Å². The van der Waals surface area contributed by atoms with Gasteiger partial charge in [-0.05, 0) is 47.7 Å². The van der Waals surface area contributed by atoms with Crippen molar-refractivity contribution in [2.24, 2.45) is 0 Å². The molecule has 0 atom stereocenters. The van der Waals surface area contributed by atoms with Crippen molar-refractivity contribution in [3.8, 4) is 11.5 Å². The Kier molecular flexibility index (Phi) is 7.73. The lowest BCUT2D eigenvalue weighted by atomic mass is 10.0. The molecule has 7 nitrogen and oxygen atoms in total. The van der Waals surface area contributed by atoms with Crippen molar-refractivity contribution < 1.29 is 22.7 Å². The fraction of sp³-hybridized carbons (Fsp3) is 0.296. The van der Waals surface area contributed by atoms with Gasteiger partial charge in [-0.1, -0.05) is 56.3 Å². The first-order valence-corrected chi connectivity index (χ1v) is 13.1. The lowest BCUT2D eigenvalue weighted by molar-refractivity contribution is -0.116. The van der Waals surface area contributed by atoms with Gasteiger partial charge >= 0.3 is 0 Å². The molecule has 3 aromatic carbocycles. The number of nitrogens with one attached hydrogen (secondary N) is 1. The van der Waals surface area contributed by atoms with Crippen LogP contribution in [-0.2, 0) is 21.2 Å². The number of nitrogens with zero attached hydrogens (tertiary/aromatic N) is 1. The topological polar surface area (TPSA) is 84.9 Å². The van der Waals surface area contributed by atoms with Gasteiger partial charge in [0.05, 0.1) is 11.4 Å². The minimum Gasteiger partial charge on any atom is -0.486 e. The number of fused-ring (bicyclic) bond motifs is 1. The molecule has 0 saturated heterocycles. The highest BCUT2D eigenvalue weighted by atomic mass is 32.2. The van der Waals surface area contributed by atoms with Gasteiger partial charge in [-0.15, -0.1) is 0 Å². The molecule has 0 bridgehead atoms. The molecule has 0 fully saturated rings. The van der Waals surface area contributed by atoms with E-state index >= 15 is 0 Å². The highest BCUT2D eigenvalue weighted by molar-refractivity contribution is 7.89. The van der Waals surface area contributed by atoms with Crippen LogP contribution in [0.4, 0.5) is 5.69 Å². The first-order chi connectivity index (χ1) is 16.8. The standard InChI is InChI=1S/C27H30N2O5S/c1-20(2)22-8-10-23(11-9-22)28-27(30)19-29(15-14-21-6-4-3-5-7-21)35(31,32)24-12-13-25-26(18-24)34-17-16-33-25/h3-13,18,20H,14-17,19H2,1-2H3,(H,28,30). The van der Waals surface area contributed by atoms with Gasteiger partial charge < -0.3 is 14.8 Å². The minimum atomic E-state index is -3.97. The summed E-state index contributed by atoms with van der Waals surface area (Å²) < 4.78 is 39.5. The summed E-state index contributed by atoms with van der Waals surface area (Å²) >= 11 is 0. The molecule has 0 spiro atoms. The van der Waals surface area contributed by atoms with E-state index in [-0.39, 0.29) is 18.0 Å². The molecular weight excluding hydrogens is 464 g/mol. The number of ether oxygens (including phenoxy) is 2. The van der Waals surface area contributed by atoms with E-state index in [1.807, 2.05) is 54.6 Å². The number of anilines is 1. The van der Waals surface area contributed by atoms with E-state index in [4.69, 9.17) is 9.47 Å². The molecule has 35 heavy (non-hydrogen) atoms. The maximum atomic E-state index is 13.6. The van der Waals surface area contributed by atoms with Crippen molar-refractivity contribution in [2.45, 2.75) is 31.1 Å². The minimum absolute atomic E-state index is 0.0592. The number of amides is 1. The molecule has 0 unspecified atom stereocenters. The number of carbonyl (C=O) groups is 1. The average Bonchev–Trinajstić information content (AvgIpc) is 2.87. The number of hydrogen-bond acceptors (Lipinski definition) is 5. The Hall–Kier alpha value is -3.36. The predicted octanol–water partition coefficient (Wildman–Crippen LogP) is 4.45. The number of carbonyl (C=O) groups excluding carboxylic acids is 1. The van der Waals surface area contributed by atoms with Crippen LogP contribution in [0.5, 0.6) is 11.5 Å². The van der Waals surface area contributed by atoms with Gasteiger partial charge in [0.2, 0.25) is 15.9 Å². The Morgan fingerprint density at radius 3 is 2.31 bits per heavy atom. The molecule has 0 radical (unpaired) electrons. The molecule has 8 heteroatoms. The molecule has 1 amide bonds. The van der Waals surface area contributed by atoms with Crippen LogP contribution in [0.2, 0.25) is 0 Å². The molecule has 0 aromatic heterocycles. The van der Waals surface area contributed by atoms with Crippen molar-refractivity contribution >= 4 is 21.6 Å². The summed E-state index contributed by atoms with van der Waals surface area (Å²) in [4.78, 5) is 13.0. The number of rotatable bonds is 9. The normalized spacial score (nSPS) is 13.1. The lowest BCUT2D eigenvalue weighted by Crippen LogP contribution is -2.39. The molecule has 1 N–H and O–H groups in total. The Labute approximate surface area is 206 Å². The van der Waals surface area contributed by atoms with E-state index in [0.29, 0.717) is 42.7 Å². The van der Waals surface area contributed by atoms with Crippen LogP contribution in [0, 0.1) is 0 Å². The molecule has 1 aliphatic heterocycles. The average molecular weight is 495 g/mol. The summed E-state index contributed by atoms with van der Waals surface area (Å²) in [5.41, 5.74) is 2.77. The van der Waals surface area contributed by atoms with Gasteiger partial charge in [0, 0.05) is 18.3 Å². The summed E-state index contributed by atoms with van der Waals surface area (Å²) in [7, 11) is -3.97. The summed E-state index contributed by atoms with van der Waals surface area (Å²) in [6.07, 6.45) is 0.473. The first kappa shape index (κ1) is 24.8. The van der Waals surface area contributed by atoms with Crippen LogP contribution in [0.25, 0.3) is 0 Å². The van der Waals surface area contributed by atoms with Crippen molar-refractivity contribution in [2.75, 3.05) is 31.6 Å². The van der Waals surface area contributed by atoms with Gasteiger partial charge in [0.15, 0.2) is 11.5 Å². The quantitative estimate of drug-likeness (QED) is 0.475. The fourth-order valence-electron chi connectivity index (χ4n) is 3.83. The van der Waals surface area contributed by atoms with E-state index in [9.17, 15) is 13.2 Å². The summed E-state index contributed by atoms with van der Waals surface area (Å²) in [6, 6.07) is 21.7. The van der Waals surface area contributed by atoms with Crippen molar-refractivity contribution in [3.63, 3.8) is 0 Å². The van der Waals surface area contributed by atoms with E-state index < -0.39 is 15.9 Å². The van der Waals surface area contributed by atoms with Gasteiger partial charge in [0.25, 0.3) is 0 Å². The monoisotopic (exact) mass is 494 g/mol. The van der Waals surface area contributed by atoms with E-state index in [1.54, 1.807) is 6.07 Å². The smallest absolute Gasteiger partial charge is 0.243 e. The zero-order valence-electron chi connectivity index (χ0n) is 19.9. The third-order valence-electron chi connectivity index (χ3n) is 5.83. The first-order valence-electron chi connectivity index (χ1n) is 11.7. The van der Waals surface area contributed by atoms with Crippen LogP contribution in [0.1, 0.15) is 30.9 Å². The van der Waals surface area contributed by atoms with Gasteiger partial charge in [0.1, 0.15) is 13.2 Å². The van der Waals surface area contributed by atoms with Gasteiger partial charge in [-0.3, -0.25) is 4.79 Å². The zero-order chi connectivity index (χ0) is 24.8. The third kappa shape index (κ3) is 6.21. The van der Waals surface area contributed by atoms with Gasteiger partial charge in [-0.25, -0.2) is 8.42 Å². The zero-order valence-corrected chi connectivity index (χ0v) is 20.8. The molecule has 1 heterocycles. The fourth-order valence-corrected chi connectivity index (χ4v) is 5.24. The van der Waals surface area contributed by atoms with Crippen LogP contribution >= 0.6 is 0 Å². The van der Waals surface area contributed by atoms with E-state index in [2.05, 4.69) is 19.2 Å². The molecule has 0 aliphatic carbocycles. The highest BCUT2D eigenvalue weighted by Crippen LogP contribution is 2.33. The highest BCUT2D eigenvalue weighted by Gasteiger charge is 2.28. The predicted molar refractivity (Wildman–Crippen MR) is 135 cm³/mol. The third-order valence-corrected chi connectivity index (χ3v) is 7.67. The molecule has 4 rings (SSSR count). The summed E-state index contributed by atoms with van der Waals surface area (Å²) in [5, 5.41) is 2.82. The number of hydrogen-bond donors (Lipinski definition) is 1. The second kappa shape index (κ2) is 10.9. The Morgan fingerprint density at radius 1 is 0.943 bits per heavy atom. The Balaban J connectivity index is 1.54. The second-order valence-electron chi connectivity index (χ2n) is 8.70. The molecule has 0 saturated carbocycles. The van der Waals surface area contributed by atoms with Crippen molar-refractivity contribution in [1.82, 2.24) is 4.31 Å². The van der Waals surface area contributed by atoms with Crippen molar-refractivity contribution in [3.05, 3.63) is 83.9 Å². The van der Waals surface area contributed by atoms with E-state index in [1.165, 1.54) is 16.4 Å². The van der Waals surface area contributed by atoms with E-state index in [0.717, 1.165) is 11.1 Å². The molecule has 1 aliphatic rings. The van der Waals surface area contributed by atoms with Crippen LogP contribution < -0.4 is 14.8 Å². The largest absolute Gasteiger partial charge is 0.486 e. The number of sulfonamides is 1. The molecule has 184 valence electrons. The maximum absolute atomic E-state index is 13.6. The SMILES string of the molecule is CC(C)c1ccc(NC(=O)CN(CCc2ccccc2)S(=O)(=O)c2ccc3c(c2)OCCO3)cc1. The van der Waals surface area contributed by atoms with Crippen LogP contribution in [-0.4, -0.2) is 44.9 Å². The summed E-state index contributed by atoms with van der Waals surface area (Å²) in [5.74, 6) is 0.865.